The van der Waals surface area contributed by atoms with Gasteiger partial charge >= 0.3 is 12.3 Å². The normalized spacial score (nSPS) is 13.7. The van der Waals surface area contributed by atoms with Crippen molar-refractivity contribution in [2.45, 2.75) is 64.7 Å². The second-order valence-electron chi connectivity index (χ2n) is 8.30. The molecular weight excluding hydrogens is 451 g/mol. The number of pyridine rings is 1. The lowest BCUT2D eigenvalue weighted by atomic mass is 9.88. The maximum atomic E-state index is 12.6. The monoisotopic (exact) mass is 477 g/mol. The molecule has 2 heterocycles. The van der Waals surface area contributed by atoms with Gasteiger partial charge < -0.3 is 9.47 Å². The van der Waals surface area contributed by atoms with E-state index in [1.807, 2.05) is 6.92 Å². The Bertz CT molecular complexity index is 1150. The number of fused-ring (bicyclic) bond motifs is 3. The van der Waals surface area contributed by atoms with Gasteiger partial charge in [-0.2, -0.15) is 0 Å². The molecule has 0 atom stereocenters. The first-order chi connectivity index (χ1) is 15.8. The molecule has 176 valence electrons. The molecule has 2 aromatic heterocycles. The molecule has 0 amide bonds. The van der Waals surface area contributed by atoms with E-state index in [1.54, 1.807) is 23.5 Å². The summed E-state index contributed by atoms with van der Waals surface area (Å²) in [6.45, 7) is 1.98. The molecule has 1 aliphatic carbocycles. The van der Waals surface area contributed by atoms with Crippen molar-refractivity contribution in [3.63, 3.8) is 0 Å². The number of methoxy groups -OCH3 is 1. The van der Waals surface area contributed by atoms with E-state index in [4.69, 9.17) is 9.72 Å². The third-order valence-electron chi connectivity index (χ3n) is 6.07. The molecule has 0 spiro atoms. The predicted molar refractivity (Wildman–Crippen MR) is 123 cm³/mol. The van der Waals surface area contributed by atoms with Crippen molar-refractivity contribution in [1.29, 1.82) is 0 Å². The van der Waals surface area contributed by atoms with Crippen LogP contribution in [0.25, 0.3) is 21.3 Å². The standard InChI is InChI=1S/C25H26F3NO3S/c1-15-18(7-4-6-10-21(30)31-2)22(16-11-13-17(14-12-16)32-25(26,27)28)23-19-8-3-5-9-20(19)33-24(23)29-15/h11-14H,3-10H2,1-2H3. The number of unbranched alkanes of at least 4 members (excludes halogenated alkanes) is 1. The Hall–Kier alpha value is -2.61. The highest BCUT2D eigenvalue weighted by Crippen LogP contribution is 2.43. The van der Waals surface area contributed by atoms with Crippen molar-refractivity contribution in [3.8, 4) is 16.9 Å². The summed E-state index contributed by atoms with van der Waals surface area (Å²) in [5.41, 5.74) is 5.24. The number of halogens is 3. The number of hydrogen-bond donors (Lipinski definition) is 0. The van der Waals surface area contributed by atoms with E-state index in [0.29, 0.717) is 12.8 Å². The third kappa shape index (κ3) is 5.32. The molecule has 33 heavy (non-hydrogen) atoms. The first-order valence-electron chi connectivity index (χ1n) is 11.1. The molecule has 0 N–H and O–H groups in total. The zero-order valence-corrected chi connectivity index (χ0v) is 19.5. The second-order valence-corrected chi connectivity index (χ2v) is 9.38. The Labute approximate surface area is 194 Å². The van der Waals surface area contributed by atoms with Crippen molar-refractivity contribution in [2.24, 2.45) is 0 Å². The number of thiophene rings is 1. The molecule has 0 radical (unpaired) electrons. The number of aromatic nitrogens is 1. The van der Waals surface area contributed by atoms with Gasteiger partial charge in [-0.3, -0.25) is 4.79 Å². The molecule has 0 bridgehead atoms. The lowest BCUT2D eigenvalue weighted by molar-refractivity contribution is -0.274. The van der Waals surface area contributed by atoms with Gasteiger partial charge in [0.15, 0.2) is 0 Å². The molecule has 0 unspecified atom stereocenters. The van der Waals surface area contributed by atoms with Gasteiger partial charge in [0.25, 0.3) is 0 Å². The van der Waals surface area contributed by atoms with Crippen LogP contribution in [-0.4, -0.2) is 24.4 Å². The summed E-state index contributed by atoms with van der Waals surface area (Å²) in [6.07, 6.45) is 2.17. The van der Waals surface area contributed by atoms with Crippen LogP contribution in [-0.2, 0) is 28.8 Å². The third-order valence-corrected chi connectivity index (χ3v) is 7.26. The summed E-state index contributed by atoms with van der Waals surface area (Å²) in [5, 5.41) is 1.13. The highest BCUT2D eigenvalue weighted by molar-refractivity contribution is 7.19. The zero-order valence-electron chi connectivity index (χ0n) is 18.7. The van der Waals surface area contributed by atoms with E-state index in [0.717, 1.165) is 71.1 Å². The lowest BCUT2D eigenvalue weighted by Crippen LogP contribution is -2.16. The molecule has 0 fully saturated rings. The van der Waals surface area contributed by atoms with Crippen LogP contribution in [0.1, 0.15) is 53.8 Å². The average Bonchev–Trinajstić information content (AvgIpc) is 3.13. The quantitative estimate of drug-likeness (QED) is 0.273. The van der Waals surface area contributed by atoms with Gasteiger partial charge in [0, 0.05) is 22.4 Å². The van der Waals surface area contributed by atoms with Crippen LogP contribution < -0.4 is 4.74 Å². The molecule has 1 aliphatic rings. The molecule has 0 aliphatic heterocycles. The summed E-state index contributed by atoms with van der Waals surface area (Å²) in [4.78, 5) is 18.8. The maximum Gasteiger partial charge on any atom is 0.573 e. The first-order valence-corrected chi connectivity index (χ1v) is 11.9. The number of nitrogens with zero attached hydrogens (tertiary/aromatic N) is 1. The largest absolute Gasteiger partial charge is 0.573 e. The second kappa shape index (κ2) is 9.71. The van der Waals surface area contributed by atoms with Gasteiger partial charge in [-0.1, -0.05) is 12.1 Å². The Morgan fingerprint density at radius 1 is 1.12 bits per heavy atom. The molecule has 4 nitrogen and oxygen atoms in total. The summed E-state index contributed by atoms with van der Waals surface area (Å²) >= 11 is 1.73. The van der Waals surface area contributed by atoms with E-state index < -0.39 is 6.36 Å². The van der Waals surface area contributed by atoms with Crippen LogP contribution in [0, 0.1) is 6.92 Å². The molecule has 0 saturated heterocycles. The Morgan fingerprint density at radius 3 is 2.55 bits per heavy atom. The Kier molecular flexibility index (Phi) is 6.93. The van der Waals surface area contributed by atoms with E-state index in [-0.39, 0.29) is 11.7 Å². The van der Waals surface area contributed by atoms with Gasteiger partial charge in [-0.05, 0) is 86.3 Å². The summed E-state index contributed by atoms with van der Waals surface area (Å²) in [6, 6.07) is 6.12. The number of hydrogen-bond acceptors (Lipinski definition) is 5. The SMILES string of the molecule is COC(=O)CCCCc1c(C)nc2sc3c(c2c1-c1ccc(OC(F)(F)F)cc1)CCCC3. The number of ether oxygens (including phenoxy) is 2. The minimum atomic E-state index is -4.72. The summed E-state index contributed by atoms with van der Waals surface area (Å²) < 4.78 is 46.7. The molecular formula is C25H26F3NO3S. The highest BCUT2D eigenvalue weighted by Gasteiger charge is 2.31. The number of carbonyl (C=O) groups is 1. The maximum absolute atomic E-state index is 12.6. The van der Waals surface area contributed by atoms with Crippen molar-refractivity contribution < 1.29 is 27.4 Å². The number of aryl methyl sites for hydroxylation is 3. The van der Waals surface area contributed by atoms with E-state index in [9.17, 15) is 18.0 Å². The predicted octanol–water partition coefficient (Wildman–Crippen LogP) is 6.93. The fourth-order valence-electron chi connectivity index (χ4n) is 4.56. The molecule has 8 heteroatoms. The summed E-state index contributed by atoms with van der Waals surface area (Å²) in [5.74, 6) is -0.465. The molecule has 3 aromatic rings. The number of carbonyl (C=O) groups excluding carboxylic acids is 1. The number of benzene rings is 1. The van der Waals surface area contributed by atoms with Crippen LogP contribution in [0.5, 0.6) is 5.75 Å². The topological polar surface area (TPSA) is 48.4 Å². The van der Waals surface area contributed by atoms with Crippen LogP contribution in [0.2, 0.25) is 0 Å². The van der Waals surface area contributed by atoms with Crippen LogP contribution in [0.4, 0.5) is 13.2 Å². The smallest absolute Gasteiger partial charge is 0.469 e. The van der Waals surface area contributed by atoms with Crippen molar-refractivity contribution >= 4 is 27.5 Å². The van der Waals surface area contributed by atoms with Crippen LogP contribution in [0.15, 0.2) is 24.3 Å². The number of esters is 1. The number of rotatable bonds is 7. The van der Waals surface area contributed by atoms with Crippen LogP contribution >= 0.6 is 11.3 Å². The Morgan fingerprint density at radius 2 is 1.85 bits per heavy atom. The van der Waals surface area contributed by atoms with Gasteiger partial charge in [-0.15, -0.1) is 24.5 Å². The zero-order chi connectivity index (χ0) is 23.6. The minimum Gasteiger partial charge on any atom is -0.469 e. The van der Waals surface area contributed by atoms with Gasteiger partial charge in [0.1, 0.15) is 10.6 Å². The molecule has 1 aromatic carbocycles. The van der Waals surface area contributed by atoms with Crippen molar-refractivity contribution in [3.05, 3.63) is 46.0 Å². The van der Waals surface area contributed by atoms with E-state index in [2.05, 4.69) is 4.74 Å². The van der Waals surface area contributed by atoms with E-state index >= 15 is 0 Å². The van der Waals surface area contributed by atoms with E-state index in [1.165, 1.54) is 29.7 Å². The molecule has 4 rings (SSSR count). The van der Waals surface area contributed by atoms with Crippen molar-refractivity contribution in [2.75, 3.05) is 7.11 Å². The summed E-state index contributed by atoms with van der Waals surface area (Å²) in [7, 11) is 1.38. The van der Waals surface area contributed by atoms with Crippen molar-refractivity contribution in [1.82, 2.24) is 4.98 Å². The average molecular weight is 478 g/mol. The first kappa shape index (κ1) is 23.5. The number of alkyl halides is 3. The molecule has 0 saturated carbocycles. The van der Waals surface area contributed by atoms with Gasteiger partial charge in [-0.25, -0.2) is 4.98 Å². The lowest BCUT2D eigenvalue weighted by Gasteiger charge is -2.17. The fourth-order valence-corrected chi connectivity index (χ4v) is 5.88. The van der Waals surface area contributed by atoms with Gasteiger partial charge in [0.05, 0.1) is 7.11 Å². The fraction of sp³-hybridized carbons (Fsp3) is 0.440. The Balaban J connectivity index is 1.77. The van der Waals surface area contributed by atoms with Gasteiger partial charge in [0.2, 0.25) is 0 Å². The van der Waals surface area contributed by atoms with Crippen LogP contribution in [0.3, 0.4) is 0 Å². The minimum absolute atomic E-state index is 0.229. The highest BCUT2D eigenvalue weighted by atomic mass is 32.1.